The number of nitrogens with zero attached hydrogens (tertiary/aromatic N) is 1. The van der Waals surface area contributed by atoms with E-state index in [0.29, 0.717) is 0 Å². The molecule has 0 unspecified atom stereocenters. The van der Waals surface area contributed by atoms with Gasteiger partial charge in [-0.25, -0.2) is 4.63 Å². The molecule has 1 aromatic rings. The maximum Gasteiger partial charge on any atom is 0.000507 e. The van der Waals surface area contributed by atoms with E-state index in [1.807, 2.05) is 0 Å². The highest BCUT2D eigenvalue weighted by molar-refractivity contribution is 7.78. The van der Waals surface area contributed by atoms with Gasteiger partial charge in [0.1, 0.15) is 0 Å². The summed E-state index contributed by atoms with van der Waals surface area (Å²) in [5.41, 5.74) is 0. The van der Waals surface area contributed by atoms with Gasteiger partial charge in [-0.2, -0.15) is 0 Å². The predicted molar refractivity (Wildman–Crippen MR) is 15.4 cm³/mol. The van der Waals surface area contributed by atoms with Crippen LogP contribution in [0.3, 0.4) is 0 Å². The third-order valence-corrected chi connectivity index (χ3v) is 0.336. The van der Waals surface area contributed by atoms with Gasteiger partial charge in [0.25, 0.3) is 0 Å². The van der Waals surface area contributed by atoms with Gasteiger partial charge in [0, 0.05) is 12.8 Å². The summed E-state index contributed by atoms with van der Waals surface area (Å²) < 4.78 is 5.35. The van der Waals surface area contributed by atoms with Crippen LogP contribution in [0.25, 0.3) is 0 Å². The Labute approximate surface area is 28.0 Å². The number of aromatic nitrogens is 2. The van der Waals surface area contributed by atoms with Crippen LogP contribution in [0.2, 0.25) is 0 Å². The van der Waals surface area contributed by atoms with Crippen LogP contribution < -0.4 is 0 Å². The first kappa shape index (κ1) is 2.02. The van der Waals surface area contributed by atoms with Crippen molar-refractivity contribution in [1.29, 1.82) is 0 Å². The Balaban J connectivity index is 2.81. The molecule has 0 radical (unpaired) electrons. The number of nitrogens with one attached hydrogen (secondary N) is 1. The van der Waals surface area contributed by atoms with E-state index in [2.05, 4.69) is 22.7 Å². The summed E-state index contributed by atoms with van der Waals surface area (Å²) in [5.74, 6) is 0. The number of rotatable bonds is 0. The average Bonchev–Trinajstić information content (AvgIpc) is 1.75. The Hall–Kier alpha value is -0.250. The lowest BCUT2D eigenvalue weighted by Crippen LogP contribution is -1.44. The smallest absolute Gasteiger partial charge is 0.000507 e. The van der Waals surface area contributed by atoms with Gasteiger partial charge < -0.3 is 0 Å². The summed E-state index contributed by atoms with van der Waals surface area (Å²) in [6.07, 6.45) is 0. The number of H-pyrrole nitrogens is 1. The van der Waals surface area contributed by atoms with Gasteiger partial charge in [0.05, 0.1) is 0 Å². The molecule has 1 N–H and O–H groups in total. The van der Waals surface area contributed by atoms with Crippen LogP contribution in [0.15, 0.2) is 4.63 Å². The largest absolute Gasteiger partial charge is 0.245 e. The maximum atomic E-state index is 4.16. The molecular formula is H2N2OS. The minimum atomic E-state index is 1.19. The summed E-state index contributed by atoms with van der Waals surface area (Å²) >= 11 is 3.58. The Morgan fingerprint density at radius 3 is 2.25 bits per heavy atom. The molecule has 24 valence electrons. The van der Waals surface area contributed by atoms with E-state index >= 15 is 0 Å². The van der Waals surface area contributed by atoms with Crippen LogP contribution in [0.5, 0.6) is 0 Å². The molecule has 1 aromatic heterocycles. The van der Waals surface area contributed by atoms with Crippen molar-refractivity contribution in [3.8, 4) is 0 Å². The molecule has 0 bridgehead atoms. The third kappa shape index (κ3) is 0.130. The minimum absolute atomic E-state index is 1.19. The predicted octanol–water partition coefficient (Wildman–Crippen LogP) is 0.102. The van der Waals surface area contributed by atoms with Crippen LogP contribution in [0.1, 0.15) is 0 Å². The van der Waals surface area contributed by atoms with Crippen LogP contribution in [-0.4, -0.2) is 9.53 Å². The zero-order valence-electron chi connectivity index (χ0n) is 1.80. The topological polar surface area (TPSA) is 33.9 Å². The minimum Gasteiger partial charge on any atom is -0.245 e. The van der Waals surface area contributed by atoms with E-state index in [1.54, 1.807) is 0 Å². The normalized spacial score (nSPS) is 9.25. The molecule has 0 aliphatic carbocycles. The molecule has 4 heteroatoms. The summed E-state index contributed by atoms with van der Waals surface area (Å²) in [5, 5.41) is 2.29. The highest BCUT2D eigenvalue weighted by Gasteiger charge is 1.75. The van der Waals surface area contributed by atoms with Crippen molar-refractivity contribution in [2.24, 2.45) is 0 Å². The Bertz CT molecular complexity index is 64.6. The van der Waals surface area contributed by atoms with Crippen LogP contribution in [0, 0.1) is 0 Å². The van der Waals surface area contributed by atoms with Gasteiger partial charge in [-0.3, -0.25) is 0 Å². The van der Waals surface area contributed by atoms with Crippen LogP contribution >= 0.6 is 12.8 Å². The van der Waals surface area contributed by atoms with Gasteiger partial charge in [0.15, 0.2) is 0 Å². The second-order valence-corrected chi connectivity index (χ2v) is 0.819. The van der Waals surface area contributed by atoms with Gasteiger partial charge in [-0.1, -0.05) is 5.27 Å². The molecule has 1 rings (SSSR count). The molecule has 0 fully saturated rings. The van der Waals surface area contributed by atoms with Crippen molar-refractivity contribution >= 4 is 12.8 Å². The quantitative estimate of drug-likeness (QED) is 0.424. The average molecular weight is 78.1 g/mol. The van der Waals surface area contributed by atoms with E-state index in [0.717, 1.165) is 0 Å². The van der Waals surface area contributed by atoms with Crippen molar-refractivity contribution in [3.63, 3.8) is 0 Å². The van der Waals surface area contributed by atoms with Crippen LogP contribution in [-0.2, 0) is 0 Å². The molecule has 1 heterocycles. The van der Waals surface area contributed by atoms with Gasteiger partial charge in [0.2, 0.25) is 0 Å². The third-order valence-electron chi connectivity index (χ3n) is 0.173. The molecule has 3 nitrogen and oxygen atoms in total. The zero-order chi connectivity index (χ0) is 2.99. The molecule has 0 saturated heterocycles. The second-order valence-electron chi connectivity index (χ2n) is 0.456. The van der Waals surface area contributed by atoms with Crippen molar-refractivity contribution in [3.05, 3.63) is 0 Å². The molecular weight excluding hydrogens is 76.1 g/mol. The highest BCUT2D eigenvalue weighted by atomic mass is 32.1. The van der Waals surface area contributed by atoms with Gasteiger partial charge >= 0.3 is 0 Å². The Kier molecular flexibility index (Phi) is 0.188. The first-order valence-corrected chi connectivity index (χ1v) is 1.21. The molecule has 0 saturated carbocycles. The fraction of sp³-hybridized carbons (Fsp3) is 0. The van der Waals surface area contributed by atoms with Crippen molar-refractivity contribution in [2.45, 2.75) is 0 Å². The fourth-order valence-electron chi connectivity index (χ4n) is 0.0183. The summed E-state index contributed by atoms with van der Waals surface area (Å²) in [4.78, 5) is 0. The molecule has 0 aliphatic heterocycles. The number of hydrogen-bond donors (Lipinski definition) is 2. The van der Waals surface area contributed by atoms with Crippen molar-refractivity contribution < 1.29 is 4.63 Å². The van der Waals surface area contributed by atoms with Crippen LogP contribution in [0.4, 0.5) is 0 Å². The van der Waals surface area contributed by atoms with Gasteiger partial charge in [-0.05, 0) is 4.26 Å². The Morgan fingerprint density at radius 2 is 2.25 bits per heavy atom. The summed E-state index contributed by atoms with van der Waals surface area (Å²) in [7, 11) is 0. The highest BCUT2D eigenvalue weighted by Crippen LogP contribution is 1.81. The van der Waals surface area contributed by atoms with Crippen molar-refractivity contribution in [1.82, 2.24) is 9.53 Å². The first-order chi connectivity index (χ1) is 1.89. The maximum absolute atomic E-state index is 4.16. The van der Waals surface area contributed by atoms with E-state index in [-0.39, 0.29) is 0 Å². The monoisotopic (exact) mass is 78.0 g/mol. The fourth-order valence-corrected chi connectivity index (χ4v) is 0.0548. The second kappa shape index (κ2) is 0.373. The SMILES string of the molecule is Sn1[nH]o1. The lowest BCUT2D eigenvalue weighted by atomic mass is 13.2. The lowest BCUT2D eigenvalue weighted by molar-refractivity contribution is 0.528. The molecule has 0 amide bonds. The Morgan fingerprint density at radius 1 is 2.00 bits per heavy atom. The standard InChI is InChI=1S/H2N2OS/c4-2-1-3-2/h1,4H. The molecule has 0 aromatic carbocycles. The number of aromatic amines is 1. The van der Waals surface area contributed by atoms with E-state index in [9.17, 15) is 0 Å². The molecule has 4 heavy (non-hydrogen) atoms. The van der Waals surface area contributed by atoms with E-state index in [1.165, 1.54) is 4.26 Å². The summed E-state index contributed by atoms with van der Waals surface area (Å²) in [6, 6.07) is 0. The molecule has 0 aliphatic rings. The molecule has 0 atom stereocenters. The van der Waals surface area contributed by atoms with Gasteiger partial charge in [-0.15, -0.1) is 0 Å². The first-order valence-electron chi connectivity index (χ1n) is 0.810. The number of thiol groups is 1. The van der Waals surface area contributed by atoms with Crippen molar-refractivity contribution in [2.75, 3.05) is 0 Å². The summed E-state index contributed by atoms with van der Waals surface area (Å²) in [6.45, 7) is 0. The van der Waals surface area contributed by atoms with E-state index in [4.69, 9.17) is 0 Å². The van der Waals surface area contributed by atoms with E-state index < -0.39 is 0 Å². The molecule has 0 spiro atoms. The zero-order valence-corrected chi connectivity index (χ0v) is 2.70. The number of hydrogen-bond acceptors (Lipinski definition) is 2. The lowest BCUT2D eigenvalue weighted by Gasteiger charge is -1.40.